The Labute approximate surface area is 59.4 Å². The van der Waals surface area contributed by atoms with Crippen LogP contribution < -0.4 is 0 Å². The minimum absolute atomic E-state index is 0.260. The Bertz CT molecular complexity index is 110. The molecule has 60 valence electrons. The van der Waals surface area contributed by atoms with Gasteiger partial charge in [-0.1, -0.05) is 0 Å². The number of hydrogen-bond donors (Lipinski definition) is 2. The zero-order chi connectivity index (χ0) is 8.15. The van der Waals surface area contributed by atoms with Gasteiger partial charge >= 0.3 is 5.97 Å². The molecule has 1 atom stereocenters. The van der Waals surface area contributed by atoms with Gasteiger partial charge in [0, 0.05) is 0 Å². The molecular formula is C6H12O4. The Morgan fingerprint density at radius 1 is 1.60 bits per heavy atom. The predicted molar refractivity (Wildman–Crippen MR) is 34.0 cm³/mol. The number of esters is 1. The molecule has 10 heavy (non-hydrogen) atoms. The van der Waals surface area contributed by atoms with E-state index in [4.69, 9.17) is 10.2 Å². The van der Waals surface area contributed by atoms with Crippen LogP contribution in [0.25, 0.3) is 0 Å². The molecule has 0 aromatic heterocycles. The summed E-state index contributed by atoms with van der Waals surface area (Å²) in [6, 6.07) is 0. The topological polar surface area (TPSA) is 66.8 Å². The van der Waals surface area contributed by atoms with Gasteiger partial charge < -0.3 is 14.9 Å². The predicted octanol–water partition coefficient (Wildman–Crippen LogP) is -0.504. The van der Waals surface area contributed by atoms with Gasteiger partial charge in [-0.25, -0.2) is 0 Å². The summed E-state index contributed by atoms with van der Waals surface area (Å²) in [6.45, 7) is 3.31. The molecule has 0 spiro atoms. The van der Waals surface area contributed by atoms with Crippen LogP contribution in [-0.4, -0.2) is 29.1 Å². The van der Waals surface area contributed by atoms with E-state index in [9.17, 15) is 4.79 Å². The maximum atomic E-state index is 10.6. The monoisotopic (exact) mass is 148 g/mol. The van der Waals surface area contributed by atoms with Gasteiger partial charge in [0.15, 0.2) is 6.29 Å². The summed E-state index contributed by atoms with van der Waals surface area (Å²) in [4.78, 5) is 10.6. The van der Waals surface area contributed by atoms with E-state index in [2.05, 4.69) is 4.74 Å². The third kappa shape index (κ3) is 2.80. The first-order valence-corrected chi connectivity index (χ1v) is 3.12. The van der Waals surface area contributed by atoms with E-state index in [1.165, 1.54) is 6.92 Å². The summed E-state index contributed by atoms with van der Waals surface area (Å²) in [5.74, 6) is -1.45. The van der Waals surface area contributed by atoms with E-state index < -0.39 is 18.2 Å². The smallest absolute Gasteiger partial charge is 0.313 e. The molecule has 0 aromatic rings. The molecule has 0 aliphatic carbocycles. The van der Waals surface area contributed by atoms with Gasteiger partial charge in [-0.05, 0) is 13.8 Å². The van der Waals surface area contributed by atoms with Crippen LogP contribution in [0, 0.1) is 5.92 Å². The van der Waals surface area contributed by atoms with Crippen molar-refractivity contribution in [1.82, 2.24) is 0 Å². The second kappa shape index (κ2) is 4.24. The van der Waals surface area contributed by atoms with E-state index in [0.717, 1.165) is 0 Å². The third-order valence-electron chi connectivity index (χ3n) is 1.11. The van der Waals surface area contributed by atoms with Crippen LogP contribution in [0.15, 0.2) is 0 Å². The number of ether oxygens (including phenoxy) is 1. The van der Waals surface area contributed by atoms with Crippen molar-refractivity contribution < 1.29 is 19.7 Å². The molecule has 4 heteroatoms. The first-order valence-electron chi connectivity index (χ1n) is 3.12. The summed E-state index contributed by atoms with van der Waals surface area (Å²) < 4.78 is 4.51. The number of hydrogen-bond acceptors (Lipinski definition) is 4. The molecule has 1 unspecified atom stereocenters. The Hall–Kier alpha value is -0.610. The molecule has 0 aromatic carbocycles. The SMILES string of the molecule is CCOC(=O)C(C)C(O)O. The van der Waals surface area contributed by atoms with E-state index in [-0.39, 0.29) is 6.61 Å². The zero-order valence-electron chi connectivity index (χ0n) is 6.07. The van der Waals surface area contributed by atoms with Crippen LogP contribution in [-0.2, 0) is 9.53 Å². The number of aliphatic hydroxyl groups is 2. The van der Waals surface area contributed by atoms with Crippen molar-refractivity contribution in [2.75, 3.05) is 6.61 Å². The molecule has 0 rings (SSSR count). The largest absolute Gasteiger partial charge is 0.466 e. The summed E-state index contributed by atoms with van der Waals surface area (Å²) in [5, 5.41) is 16.9. The number of carbonyl (C=O) groups is 1. The Balaban J connectivity index is 3.71. The van der Waals surface area contributed by atoms with Crippen LogP contribution in [0.4, 0.5) is 0 Å². The zero-order valence-corrected chi connectivity index (χ0v) is 6.07. The van der Waals surface area contributed by atoms with Crippen molar-refractivity contribution in [3.8, 4) is 0 Å². The average molecular weight is 148 g/mol. The van der Waals surface area contributed by atoms with E-state index in [0.29, 0.717) is 0 Å². The maximum Gasteiger partial charge on any atom is 0.313 e. The summed E-state index contributed by atoms with van der Waals surface area (Å²) >= 11 is 0. The Morgan fingerprint density at radius 2 is 2.10 bits per heavy atom. The normalized spacial score (nSPS) is 13.3. The molecule has 0 radical (unpaired) electrons. The molecule has 0 saturated carbocycles. The van der Waals surface area contributed by atoms with E-state index in [1.54, 1.807) is 6.92 Å². The molecule has 4 nitrogen and oxygen atoms in total. The van der Waals surface area contributed by atoms with Gasteiger partial charge in [0.25, 0.3) is 0 Å². The fourth-order valence-corrected chi connectivity index (χ4v) is 0.395. The van der Waals surface area contributed by atoms with E-state index >= 15 is 0 Å². The lowest BCUT2D eigenvalue weighted by atomic mass is 10.2. The van der Waals surface area contributed by atoms with Crippen molar-refractivity contribution in [3.63, 3.8) is 0 Å². The number of aliphatic hydroxyl groups excluding tert-OH is 1. The van der Waals surface area contributed by atoms with Crippen molar-refractivity contribution in [3.05, 3.63) is 0 Å². The minimum atomic E-state index is -1.63. The van der Waals surface area contributed by atoms with E-state index in [1.807, 2.05) is 0 Å². The van der Waals surface area contributed by atoms with Crippen LogP contribution >= 0.6 is 0 Å². The number of rotatable bonds is 3. The molecule has 2 N–H and O–H groups in total. The standard InChI is InChI=1S/C6H12O4/c1-3-10-6(9)4(2)5(7)8/h4-5,7-8H,3H2,1-2H3. The molecule has 0 bridgehead atoms. The van der Waals surface area contributed by atoms with Crippen molar-refractivity contribution in [2.45, 2.75) is 20.1 Å². The first kappa shape index (κ1) is 9.39. The van der Waals surface area contributed by atoms with Crippen molar-refractivity contribution in [2.24, 2.45) is 5.92 Å². The summed E-state index contributed by atoms with van der Waals surface area (Å²) in [6.07, 6.45) is -1.63. The van der Waals surface area contributed by atoms with Gasteiger partial charge in [0.05, 0.1) is 6.61 Å². The fraction of sp³-hybridized carbons (Fsp3) is 0.833. The van der Waals surface area contributed by atoms with Crippen LogP contribution in [0.3, 0.4) is 0 Å². The average Bonchev–Trinajstić information content (AvgIpc) is 1.87. The summed E-state index contributed by atoms with van der Waals surface area (Å²) in [5.41, 5.74) is 0. The van der Waals surface area contributed by atoms with Crippen molar-refractivity contribution in [1.29, 1.82) is 0 Å². The van der Waals surface area contributed by atoms with Crippen molar-refractivity contribution >= 4 is 5.97 Å². The van der Waals surface area contributed by atoms with Gasteiger partial charge in [-0.15, -0.1) is 0 Å². The summed E-state index contributed by atoms with van der Waals surface area (Å²) in [7, 11) is 0. The second-order valence-electron chi connectivity index (χ2n) is 1.95. The second-order valence-corrected chi connectivity index (χ2v) is 1.95. The molecule has 0 heterocycles. The lowest BCUT2D eigenvalue weighted by Gasteiger charge is -2.10. The molecule has 0 saturated heterocycles. The lowest BCUT2D eigenvalue weighted by molar-refractivity contribution is -0.162. The Morgan fingerprint density at radius 3 is 2.40 bits per heavy atom. The lowest BCUT2D eigenvalue weighted by Crippen LogP contribution is -2.26. The van der Waals surface area contributed by atoms with Gasteiger partial charge in [0.1, 0.15) is 5.92 Å². The molecule has 0 amide bonds. The highest BCUT2D eigenvalue weighted by molar-refractivity contribution is 5.72. The molecule has 0 aliphatic rings. The number of carbonyl (C=O) groups excluding carboxylic acids is 1. The molecular weight excluding hydrogens is 136 g/mol. The van der Waals surface area contributed by atoms with Crippen LogP contribution in [0.1, 0.15) is 13.8 Å². The van der Waals surface area contributed by atoms with Crippen LogP contribution in [0.2, 0.25) is 0 Å². The maximum absolute atomic E-state index is 10.6. The highest BCUT2D eigenvalue weighted by Gasteiger charge is 2.20. The van der Waals surface area contributed by atoms with Crippen LogP contribution in [0.5, 0.6) is 0 Å². The molecule has 0 aliphatic heterocycles. The molecule has 0 fully saturated rings. The van der Waals surface area contributed by atoms with Gasteiger partial charge in [-0.3, -0.25) is 4.79 Å². The minimum Gasteiger partial charge on any atom is -0.466 e. The highest BCUT2D eigenvalue weighted by Crippen LogP contribution is 2.01. The quantitative estimate of drug-likeness (QED) is 0.418. The fourth-order valence-electron chi connectivity index (χ4n) is 0.395. The highest BCUT2D eigenvalue weighted by atomic mass is 16.5. The van der Waals surface area contributed by atoms with Gasteiger partial charge in [-0.2, -0.15) is 0 Å². The Kier molecular flexibility index (Phi) is 3.99. The third-order valence-corrected chi connectivity index (χ3v) is 1.11. The first-order chi connectivity index (χ1) is 4.59. The van der Waals surface area contributed by atoms with Gasteiger partial charge in [0.2, 0.25) is 0 Å².